The molecule has 0 aliphatic carbocycles. The fourth-order valence-electron chi connectivity index (χ4n) is 3.10. The van der Waals surface area contributed by atoms with E-state index in [2.05, 4.69) is 15.5 Å². The highest BCUT2D eigenvalue weighted by Gasteiger charge is 2.29. The molecule has 0 aromatic carbocycles. The molecule has 1 fully saturated rings. The van der Waals surface area contributed by atoms with Crippen LogP contribution in [0.1, 0.15) is 36.2 Å². The fraction of sp³-hybridized carbons (Fsp3) is 0.444. The van der Waals surface area contributed by atoms with Crippen LogP contribution in [0.2, 0.25) is 0 Å². The number of amides is 2. The lowest BCUT2D eigenvalue weighted by molar-refractivity contribution is -0.121. The molecular formula is C18H23N5O3. The van der Waals surface area contributed by atoms with E-state index >= 15 is 0 Å². The fourth-order valence-corrected chi connectivity index (χ4v) is 3.10. The molecule has 1 aliphatic rings. The van der Waals surface area contributed by atoms with Gasteiger partial charge in [-0.1, -0.05) is 5.16 Å². The number of nitrogens with two attached hydrogens (primary N) is 1. The number of piperidine rings is 1. The molecule has 2 aromatic rings. The molecule has 0 spiro atoms. The molecule has 1 aliphatic heterocycles. The summed E-state index contributed by atoms with van der Waals surface area (Å²) in [5.74, 6) is 0.235. The first-order valence-electron chi connectivity index (χ1n) is 8.84. The van der Waals surface area contributed by atoms with Crippen molar-refractivity contribution in [3.63, 3.8) is 0 Å². The van der Waals surface area contributed by atoms with Gasteiger partial charge in [-0.2, -0.15) is 0 Å². The van der Waals surface area contributed by atoms with Gasteiger partial charge in [0.1, 0.15) is 0 Å². The first kappa shape index (κ1) is 18.1. The smallest absolute Gasteiger partial charge is 0.276 e. The van der Waals surface area contributed by atoms with Crippen molar-refractivity contribution in [2.24, 2.45) is 5.73 Å². The van der Waals surface area contributed by atoms with Crippen molar-refractivity contribution < 1.29 is 14.1 Å². The van der Waals surface area contributed by atoms with Gasteiger partial charge in [0.15, 0.2) is 11.5 Å². The molecule has 0 bridgehead atoms. The van der Waals surface area contributed by atoms with Gasteiger partial charge < -0.3 is 20.5 Å². The van der Waals surface area contributed by atoms with E-state index in [-0.39, 0.29) is 23.6 Å². The Labute approximate surface area is 151 Å². The monoisotopic (exact) mass is 357 g/mol. The Hall–Kier alpha value is -2.74. The summed E-state index contributed by atoms with van der Waals surface area (Å²) in [6, 6.07) is 5.23. The van der Waals surface area contributed by atoms with E-state index in [1.807, 2.05) is 6.07 Å². The van der Waals surface area contributed by atoms with Crippen LogP contribution in [0, 0.1) is 0 Å². The molecule has 2 amide bonds. The van der Waals surface area contributed by atoms with Crippen LogP contribution in [-0.2, 0) is 4.79 Å². The summed E-state index contributed by atoms with van der Waals surface area (Å²) in [6.07, 6.45) is 6.43. The van der Waals surface area contributed by atoms with Gasteiger partial charge in [0.05, 0.1) is 0 Å². The Kier molecular flexibility index (Phi) is 5.96. The number of likely N-dealkylation sites (tertiary alicyclic amines) is 1. The van der Waals surface area contributed by atoms with Crippen molar-refractivity contribution in [2.45, 2.75) is 31.7 Å². The Morgan fingerprint density at radius 3 is 3.04 bits per heavy atom. The van der Waals surface area contributed by atoms with Gasteiger partial charge in [-0.25, -0.2) is 0 Å². The molecule has 26 heavy (non-hydrogen) atoms. The third kappa shape index (κ3) is 4.26. The summed E-state index contributed by atoms with van der Waals surface area (Å²) in [4.78, 5) is 30.4. The van der Waals surface area contributed by atoms with E-state index in [1.165, 1.54) is 0 Å². The van der Waals surface area contributed by atoms with Crippen LogP contribution in [-0.4, -0.2) is 52.5 Å². The van der Waals surface area contributed by atoms with Crippen LogP contribution >= 0.6 is 0 Å². The van der Waals surface area contributed by atoms with Crippen LogP contribution in [0.5, 0.6) is 0 Å². The number of aromatic nitrogens is 2. The molecule has 0 saturated carbocycles. The van der Waals surface area contributed by atoms with Crippen LogP contribution in [0.3, 0.4) is 0 Å². The lowest BCUT2D eigenvalue weighted by Gasteiger charge is -2.35. The van der Waals surface area contributed by atoms with Gasteiger partial charge in [0, 0.05) is 56.1 Å². The molecule has 0 radical (unpaired) electrons. The van der Waals surface area contributed by atoms with E-state index in [0.29, 0.717) is 31.8 Å². The van der Waals surface area contributed by atoms with E-state index < -0.39 is 0 Å². The minimum Gasteiger partial charge on any atom is -0.355 e. The molecule has 2 aromatic heterocycles. The molecule has 138 valence electrons. The summed E-state index contributed by atoms with van der Waals surface area (Å²) in [7, 11) is 0. The summed E-state index contributed by atoms with van der Waals surface area (Å²) in [6.45, 7) is 1.39. The SMILES string of the molecule is NCCC(=O)NCC1CCCCN1C(=O)c1cc(-c2cccnc2)on1. The molecule has 3 N–H and O–H groups in total. The van der Waals surface area contributed by atoms with Crippen molar-refractivity contribution >= 4 is 11.8 Å². The highest BCUT2D eigenvalue weighted by molar-refractivity contribution is 5.93. The maximum Gasteiger partial charge on any atom is 0.276 e. The van der Waals surface area contributed by atoms with E-state index in [9.17, 15) is 9.59 Å². The minimum atomic E-state index is -0.179. The average Bonchev–Trinajstić information content (AvgIpc) is 3.17. The van der Waals surface area contributed by atoms with Gasteiger partial charge in [0.25, 0.3) is 5.91 Å². The lowest BCUT2D eigenvalue weighted by Crippen LogP contribution is -2.49. The molecule has 1 unspecified atom stereocenters. The van der Waals surface area contributed by atoms with Crippen molar-refractivity contribution in [1.82, 2.24) is 20.4 Å². The molecule has 8 nitrogen and oxygen atoms in total. The zero-order valence-corrected chi connectivity index (χ0v) is 14.6. The third-order valence-corrected chi connectivity index (χ3v) is 4.47. The maximum absolute atomic E-state index is 12.9. The van der Waals surface area contributed by atoms with Gasteiger partial charge in [0.2, 0.25) is 5.91 Å². The van der Waals surface area contributed by atoms with Crippen molar-refractivity contribution in [2.75, 3.05) is 19.6 Å². The second kappa shape index (κ2) is 8.57. The highest BCUT2D eigenvalue weighted by atomic mass is 16.5. The summed E-state index contributed by atoms with van der Waals surface area (Å²) in [5.41, 5.74) is 6.43. The Balaban J connectivity index is 1.68. The van der Waals surface area contributed by atoms with Crippen molar-refractivity contribution in [3.8, 4) is 11.3 Å². The highest BCUT2D eigenvalue weighted by Crippen LogP contribution is 2.23. The van der Waals surface area contributed by atoms with Crippen LogP contribution < -0.4 is 11.1 Å². The first-order chi connectivity index (χ1) is 12.7. The molecule has 3 rings (SSSR count). The number of rotatable bonds is 6. The Morgan fingerprint density at radius 2 is 2.27 bits per heavy atom. The zero-order chi connectivity index (χ0) is 18.4. The van der Waals surface area contributed by atoms with E-state index in [1.54, 1.807) is 29.4 Å². The number of nitrogens with one attached hydrogen (secondary N) is 1. The molecule has 1 atom stereocenters. The predicted octanol–water partition coefficient (Wildman–Crippen LogP) is 1.20. The second-order valence-electron chi connectivity index (χ2n) is 6.31. The summed E-state index contributed by atoms with van der Waals surface area (Å²) >= 11 is 0. The maximum atomic E-state index is 12.9. The predicted molar refractivity (Wildman–Crippen MR) is 95.1 cm³/mol. The number of carbonyl (C=O) groups is 2. The van der Waals surface area contributed by atoms with Crippen LogP contribution in [0.4, 0.5) is 0 Å². The number of hydrogen-bond donors (Lipinski definition) is 2. The lowest BCUT2D eigenvalue weighted by atomic mass is 10.0. The molecule has 8 heteroatoms. The van der Waals surface area contributed by atoms with Gasteiger partial charge >= 0.3 is 0 Å². The summed E-state index contributed by atoms with van der Waals surface area (Å²) < 4.78 is 5.31. The average molecular weight is 357 g/mol. The largest absolute Gasteiger partial charge is 0.355 e. The van der Waals surface area contributed by atoms with Gasteiger partial charge in [-0.05, 0) is 31.4 Å². The van der Waals surface area contributed by atoms with Crippen LogP contribution in [0.25, 0.3) is 11.3 Å². The quantitative estimate of drug-likeness (QED) is 0.803. The van der Waals surface area contributed by atoms with Gasteiger partial charge in [-0.3, -0.25) is 14.6 Å². The normalized spacial score (nSPS) is 17.1. The van der Waals surface area contributed by atoms with Crippen molar-refractivity contribution in [3.05, 3.63) is 36.3 Å². The second-order valence-corrected chi connectivity index (χ2v) is 6.31. The topological polar surface area (TPSA) is 114 Å². The van der Waals surface area contributed by atoms with Gasteiger partial charge in [-0.15, -0.1) is 0 Å². The molecular weight excluding hydrogens is 334 g/mol. The number of carbonyl (C=O) groups excluding carboxylic acids is 2. The summed E-state index contributed by atoms with van der Waals surface area (Å²) in [5, 5.41) is 6.78. The number of hydrogen-bond acceptors (Lipinski definition) is 6. The zero-order valence-electron chi connectivity index (χ0n) is 14.6. The Bertz CT molecular complexity index is 746. The minimum absolute atomic E-state index is 0.0449. The third-order valence-electron chi connectivity index (χ3n) is 4.47. The van der Waals surface area contributed by atoms with Crippen molar-refractivity contribution in [1.29, 1.82) is 0 Å². The number of pyridine rings is 1. The van der Waals surface area contributed by atoms with E-state index in [4.69, 9.17) is 10.3 Å². The molecule has 1 saturated heterocycles. The van der Waals surface area contributed by atoms with E-state index in [0.717, 1.165) is 24.8 Å². The first-order valence-corrected chi connectivity index (χ1v) is 8.84. The Morgan fingerprint density at radius 1 is 1.38 bits per heavy atom. The van der Waals surface area contributed by atoms with Crippen LogP contribution in [0.15, 0.2) is 35.1 Å². The standard InChI is InChI=1S/C18H23N5O3/c19-7-6-17(24)21-12-14-5-1-2-9-23(14)18(25)15-10-16(26-22-15)13-4-3-8-20-11-13/h3-4,8,10-11,14H,1-2,5-7,9,12,19H2,(H,21,24). The number of nitrogens with zero attached hydrogens (tertiary/aromatic N) is 3. The molecule has 3 heterocycles.